The predicted octanol–water partition coefficient (Wildman–Crippen LogP) is 2.53. The van der Waals surface area contributed by atoms with E-state index in [1.54, 1.807) is 18.2 Å². The maximum atomic E-state index is 12.8. The number of fused-ring (bicyclic) bond motifs is 1. The minimum Gasteiger partial charge on any atom is -0.339 e. The van der Waals surface area contributed by atoms with Crippen LogP contribution in [-0.4, -0.2) is 68.1 Å². The summed E-state index contributed by atoms with van der Waals surface area (Å²) >= 11 is 0. The molecule has 1 aliphatic heterocycles. The molecule has 1 fully saturated rings. The lowest BCUT2D eigenvalue weighted by Crippen LogP contribution is -2.50. The first-order chi connectivity index (χ1) is 17.1. The topological polar surface area (TPSA) is 97.4 Å². The van der Waals surface area contributed by atoms with Crippen LogP contribution in [0, 0.1) is 6.92 Å². The number of para-hydroxylation sites is 1. The Morgan fingerprint density at radius 2 is 1.80 bits per heavy atom. The van der Waals surface area contributed by atoms with Gasteiger partial charge in [-0.25, -0.2) is 4.98 Å². The molecule has 3 heterocycles. The first-order valence-electron chi connectivity index (χ1n) is 11.9. The SMILES string of the molecule is Cc1ccc(-c2noc(CCCN3CCN(C(=O)Cn4cnc5ccccc5c4=O)CC3)n2)cc1. The van der Waals surface area contributed by atoms with Crippen LogP contribution in [0.25, 0.3) is 22.3 Å². The van der Waals surface area contributed by atoms with Crippen molar-refractivity contribution in [1.29, 1.82) is 0 Å². The molecule has 0 spiro atoms. The summed E-state index contributed by atoms with van der Waals surface area (Å²) in [5.41, 5.74) is 2.60. The average molecular weight is 473 g/mol. The van der Waals surface area contributed by atoms with Gasteiger partial charge in [0.2, 0.25) is 17.6 Å². The lowest BCUT2D eigenvalue weighted by molar-refractivity contribution is -0.133. The molecule has 1 amide bonds. The van der Waals surface area contributed by atoms with Crippen LogP contribution in [0.3, 0.4) is 0 Å². The van der Waals surface area contributed by atoms with Crippen molar-refractivity contribution in [2.24, 2.45) is 0 Å². The maximum absolute atomic E-state index is 12.8. The van der Waals surface area contributed by atoms with Gasteiger partial charge < -0.3 is 9.42 Å². The van der Waals surface area contributed by atoms with Crippen molar-refractivity contribution in [3.8, 4) is 11.4 Å². The minimum atomic E-state index is -0.186. The van der Waals surface area contributed by atoms with E-state index in [1.165, 1.54) is 16.5 Å². The van der Waals surface area contributed by atoms with Crippen LogP contribution in [0.1, 0.15) is 17.9 Å². The van der Waals surface area contributed by atoms with Gasteiger partial charge in [0.05, 0.1) is 17.2 Å². The molecule has 5 rings (SSSR count). The largest absolute Gasteiger partial charge is 0.339 e. The summed E-state index contributed by atoms with van der Waals surface area (Å²) in [5, 5.41) is 4.62. The summed E-state index contributed by atoms with van der Waals surface area (Å²) in [4.78, 5) is 38.4. The van der Waals surface area contributed by atoms with Gasteiger partial charge in [-0.05, 0) is 32.0 Å². The Labute approximate surface area is 203 Å². The first-order valence-corrected chi connectivity index (χ1v) is 11.9. The van der Waals surface area contributed by atoms with E-state index in [0.717, 1.165) is 38.0 Å². The Bertz CT molecular complexity index is 1370. The molecule has 0 bridgehead atoms. The van der Waals surface area contributed by atoms with Gasteiger partial charge in [0.1, 0.15) is 6.54 Å². The highest BCUT2D eigenvalue weighted by atomic mass is 16.5. The Balaban J connectivity index is 1.08. The van der Waals surface area contributed by atoms with Crippen LogP contribution < -0.4 is 5.56 Å². The van der Waals surface area contributed by atoms with Crippen molar-refractivity contribution in [2.75, 3.05) is 32.7 Å². The van der Waals surface area contributed by atoms with Gasteiger partial charge in [-0.15, -0.1) is 0 Å². The molecule has 0 unspecified atom stereocenters. The quantitative estimate of drug-likeness (QED) is 0.408. The van der Waals surface area contributed by atoms with Gasteiger partial charge in [0, 0.05) is 38.2 Å². The molecule has 0 aliphatic carbocycles. The summed E-state index contributed by atoms with van der Waals surface area (Å²) in [6.45, 7) is 5.85. The van der Waals surface area contributed by atoms with Gasteiger partial charge in [-0.3, -0.25) is 19.1 Å². The summed E-state index contributed by atoms with van der Waals surface area (Å²) < 4.78 is 6.81. The molecule has 2 aromatic heterocycles. The summed E-state index contributed by atoms with van der Waals surface area (Å²) in [6, 6.07) is 15.2. The highest BCUT2D eigenvalue weighted by molar-refractivity contribution is 5.79. The van der Waals surface area contributed by atoms with Crippen LogP contribution in [0.2, 0.25) is 0 Å². The number of piperazine rings is 1. The van der Waals surface area contributed by atoms with Crippen LogP contribution in [-0.2, 0) is 17.8 Å². The highest BCUT2D eigenvalue weighted by Crippen LogP contribution is 2.17. The molecule has 9 nitrogen and oxygen atoms in total. The van der Waals surface area contributed by atoms with Crippen molar-refractivity contribution in [1.82, 2.24) is 29.5 Å². The minimum absolute atomic E-state index is 0.0111. The van der Waals surface area contributed by atoms with Crippen molar-refractivity contribution in [3.63, 3.8) is 0 Å². The third kappa shape index (κ3) is 5.30. The number of carbonyl (C=O) groups excluding carboxylic acids is 1. The second-order valence-corrected chi connectivity index (χ2v) is 8.90. The number of hydrogen-bond donors (Lipinski definition) is 0. The van der Waals surface area contributed by atoms with Gasteiger partial charge in [0.25, 0.3) is 5.56 Å². The molecule has 180 valence electrons. The van der Waals surface area contributed by atoms with Crippen LogP contribution in [0.4, 0.5) is 0 Å². The average Bonchev–Trinajstić information content (AvgIpc) is 3.35. The summed E-state index contributed by atoms with van der Waals surface area (Å²) in [5.74, 6) is 1.20. The molecule has 1 saturated heterocycles. The zero-order valence-electron chi connectivity index (χ0n) is 19.8. The van der Waals surface area contributed by atoms with Crippen molar-refractivity contribution in [2.45, 2.75) is 26.3 Å². The zero-order chi connectivity index (χ0) is 24.2. The lowest BCUT2D eigenvalue weighted by atomic mass is 10.1. The van der Waals surface area contributed by atoms with Gasteiger partial charge >= 0.3 is 0 Å². The summed E-state index contributed by atoms with van der Waals surface area (Å²) in [6.07, 6.45) is 3.08. The Hall–Kier alpha value is -3.85. The molecule has 2 aromatic carbocycles. The second-order valence-electron chi connectivity index (χ2n) is 8.90. The van der Waals surface area contributed by atoms with E-state index in [-0.39, 0.29) is 18.0 Å². The Kier molecular flexibility index (Phi) is 6.67. The van der Waals surface area contributed by atoms with E-state index >= 15 is 0 Å². The number of carbonyl (C=O) groups is 1. The van der Waals surface area contributed by atoms with Crippen molar-refractivity contribution < 1.29 is 9.32 Å². The molecular formula is C26H28N6O3. The molecule has 4 aromatic rings. The molecule has 0 radical (unpaired) electrons. The van der Waals surface area contributed by atoms with Gasteiger partial charge in [-0.1, -0.05) is 47.1 Å². The highest BCUT2D eigenvalue weighted by Gasteiger charge is 2.22. The number of benzene rings is 2. The first kappa shape index (κ1) is 22.9. The predicted molar refractivity (Wildman–Crippen MR) is 132 cm³/mol. The van der Waals surface area contributed by atoms with Crippen molar-refractivity contribution in [3.05, 3.63) is 76.7 Å². The number of aryl methyl sites for hydroxylation is 2. The van der Waals surface area contributed by atoms with E-state index < -0.39 is 0 Å². The fourth-order valence-electron chi connectivity index (χ4n) is 4.32. The normalized spacial score (nSPS) is 14.5. The number of hydrogen-bond acceptors (Lipinski definition) is 7. The van der Waals surface area contributed by atoms with E-state index in [1.807, 2.05) is 42.2 Å². The van der Waals surface area contributed by atoms with Crippen LogP contribution in [0.15, 0.2) is 64.2 Å². The molecule has 0 atom stereocenters. The Morgan fingerprint density at radius 3 is 2.60 bits per heavy atom. The zero-order valence-corrected chi connectivity index (χ0v) is 19.8. The van der Waals surface area contributed by atoms with E-state index in [2.05, 4.69) is 20.0 Å². The molecular weight excluding hydrogens is 444 g/mol. The lowest BCUT2D eigenvalue weighted by Gasteiger charge is -2.34. The second kappa shape index (κ2) is 10.2. The number of nitrogens with zero attached hydrogens (tertiary/aromatic N) is 6. The van der Waals surface area contributed by atoms with Gasteiger partial charge in [-0.2, -0.15) is 4.98 Å². The molecule has 1 aliphatic rings. The van der Waals surface area contributed by atoms with Crippen LogP contribution >= 0.6 is 0 Å². The fourth-order valence-corrected chi connectivity index (χ4v) is 4.32. The summed E-state index contributed by atoms with van der Waals surface area (Å²) in [7, 11) is 0. The maximum Gasteiger partial charge on any atom is 0.261 e. The number of aromatic nitrogens is 4. The smallest absolute Gasteiger partial charge is 0.261 e. The number of amides is 1. The Morgan fingerprint density at radius 1 is 1.03 bits per heavy atom. The molecule has 9 heteroatoms. The van der Waals surface area contributed by atoms with E-state index in [4.69, 9.17) is 4.52 Å². The van der Waals surface area contributed by atoms with Gasteiger partial charge in [0.15, 0.2) is 0 Å². The molecule has 0 N–H and O–H groups in total. The van der Waals surface area contributed by atoms with E-state index in [9.17, 15) is 9.59 Å². The molecule has 0 saturated carbocycles. The van der Waals surface area contributed by atoms with Crippen molar-refractivity contribution >= 4 is 16.8 Å². The van der Waals surface area contributed by atoms with Crippen LogP contribution in [0.5, 0.6) is 0 Å². The third-order valence-corrected chi connectivity index (χ3v) is 6.40. The third-order valence-electron chi connectivity index (χ3n) is 6.40. The molecule has 35 heavy (non-hydrogen) atoms. The monoisotopic (exact) mass is 472 g/mol. The fraction of sp³-hybridized carbons (Fsp3) is 0.346. The number of rotatable bonds is 7. The van der Waals surface area contributed by atoms with E-state index in [0.29, 0.717) is 35.7 Å². The standard InChI is InChI=1S/C26H28N6O3/c1-19-8-10-20(11-9-19)25-28-23(35-29-25)7-4-12-30-13-15-31(16-14-30)24(33)17-32-18-27-22-6-3-2-5-21(22)26(32)34/h2-3,5-6,8-11,18H,4,7,12-17H2,1H3.